The van der Waals surface area contributed by atoms with Crippen LogP contribution in [0.4, 0.5) is 14.9 Å². The SMILES string of the molecule is O=C(O)N1C[C@@H]2C[C@H]1CN2c1ccc(-c2ccnc3c(-c4ccc(F)c5[nH]ncc45)c(-c4ccncc4)nn23)cc1. The first kappa shape index (κ1) is 23.6. The number of fused-ring (bicyclic) bond motifs is 4. The number of pyridine rings is 1. The van der Waals surface area contributed by atoms with Crippen LogP contribution in [0.15, 0.2) is 79.4 Å². The number of hydrogen-bond acceptors (Lipinski definition) is 6. The number of carbonyl (C=O) groups is 1. The summed E-state index contributed by atoms with van der Waals surface area (Å²) < 4.78 is 16.4. The van der Waals surface area contributed by atoms with E-state index in [1.165, 1.54) is 6.07 Å². The van der Waals surface area contributed by atoms with Gasteiger partial charge in [0.1, 0.15) is 17.0 Å². The third-order valence-electron chi connectivity index (χ3n) is 8.29. The molecule has 0 saturated carbocycles. The predicted octanol–water partition coefficient (Wildman–Crippen LogP) is 5.08. The van der Waals surface area contributed by atoms with Crippen molar-refractivity contribution >= 4 is 28.3 Å². The number of benzene rings is 2. The lowest BCUT2D eigenvalue weighted by Gasteiger charge is -2.34. The van der Waals surface area contributed by atoms with Crippen LogP contribution in [0.2, 0.25) is 0 Å². The largest absolute Gasteiger partial charge is 0.465 e. The lowest BCUT2D eigenvalue weighted by Crippen LogP contribution is -2.48. The van der Waals surface area contributed by atoms with Gasteiger partial charge >= 0.3 is 6.09 Å². The second-order valence-electron chi connectivity index (χ2n) is 10.5. The number of nitrogens with one attached hydrogen (secondary N) is 1. The Kier molecular flexibility index (Phi) is 5.08. The van der Waals surface area contributed by atoms with Crippen molar-refractivity contribution in [3.8, 4) is 33.6 Å². The average molecular weight is 547 g/mol. The van der Waals surface area contributed by atoms with Crippen LogP contribution in [0.25, 0.3) is 50.2 Å². The number of piperazine rings is 1. The van der Waals surface area contributed by atoms with E-state index in [-0.39, 0.29) is 17.9 Å². The minimum atomic E-state index is -0.840. The highest BCUT2D eigenvalue weighted by atomic mass is 19.1. The minimum Gasteiger partial charge on any atom is -0.465 e. The molecule has 11 heteroatoms. The van der Waals surface area contributed by atoms with E-state index < -0.39 is 6.09 Å². The average Bonchev–Trinajstić information content (AvgIpc) is 3.81. The molecule has 2 fully saturated rings. The Balaban J connectivity index is 1.24. The maximum absolute atomic E-state index is 14.6. The van der Waals surface area contributed by atoms with Crippen LogP contribution >= 0.6 is 0 Å². The van der Waals surface area contributed by atoms with Gasteiger partial charge in [0.15, 0.2) is 5.65 Å². The molecule has 0 aliphatic carbocycles. The van der Waals surface area contributed by atoms with Gasteiger partial charge in [-0.25, -0.2) is 18.7 Å². The molecule has 2 bridgehead atoms. The van der Waals surface area contributed by atoms with Crippen molar-refractivity contribution in [3.05, 3.63) is 85.2 Å². The molecule has 0 unspecified atom stereocenters. The maximum atomic E-state index is 14.6. The van der Waals surface area contributed by atoms with E-state index in [1.54, 1.807) is 35.8 Å². The number of hydrogen-bond donors (Lipinski definition) is 2. The summed E-state index contributed by atoms with van der Waals surface area (Å²) >= 11 is 0. The molecule has 6 aromatic rings. The molecule has 41 heavy (non-hydrogen) atoms. The third-order valence-corrected chi connectivity index (χ3v) is 8.29. The van der Waals surface area contributed by atoms with Crippen molar-refractivity contribution in [3.63, 3.8) is 0 Å². The van der Waals surface area contributed by atoms with E-state index in [1.807, 2.05) is 22.7 Å². The van der Waals surface area contributed by atoms with Crippen LogP contribution in [0.3, 0.4) is 0 Å². The number of halogens is 1. The van der Waals surface area contributed by atoms with Gasteiger partial charge in [0.25, 0.3) is 0 Å². The van der Waals surface area contributed by atoms with Crippen LogP contribution in [-0.4, -0.2) is 71.1 Å². The van der Waals surface area contributed by atoms with Crippen molar-refractivity contribution < 1.29 is 14.3 Å². The quantitative estimate of drug-likeness (QED) is 0.317. The molecule has 2 N–H and O–H groups in total. The van der Waals surface area contributed by atoms with Crippen molar-refractivity contribution in [2.24, 2.45) is 0 Å². The minimum absolute atomic E-state index is 0.0410. The normalized spacial score (nSPS) is 18.2. The summed E-state index contributed by atoms with van der Waals surface area (Å²) in [7, 11) is 0. The summed E-state index contributed by atoms with van der Waals surface area (Å²) in [5.74, 6) is -0.376. The van der Waals surface area contributed by atoms with Crippen LogP contribution < -0.4 is 4.90 Å². The van der Waals surface area contributed by atoms with Gasteiger partial charge in [-0.3, -0.25) is 10.1 Å². The molecule has 6 heterocycles. The topological polar surface area (TPSA) is 116 Å². The van der Waals surface area contributed by atoms with Crippen molar-refractivity contribution in [1.82, 2.24) is 34.7 Å². The highest BCUT2D eigenvalue weighted by molar-refractivity contribution is 6.03. The zero-order chi connectivity index (χ0) is 27.7. The third kappa shape index (κ3) is 3.58. The summed E-state index contributed by atoms with van der Waals surface area (Å²) in [5.41, 5.74) is 6.97. The van der Waals surface area contributed by atoms with E-state index in [0.29, 0.717) is 35.3 Å². The number of carboxylic acid groups (broad SMARTS) is 1. The first-order chi connectivity index (χ1) is 20.1. The predicted molar refractivity (Wildman–Crippen MR) is 151 cm³/mol. The summed E-state index contributed by atoms with van der Waals surface area (Å²) in [6.45, 7) is 1.24. The van der Waals surface area contributed by atoms with Crippen molar-refractivity contribution in [2.45, 2.75) is 18.5 Å². The van der Waals surface area contributed by atoms with Crippen LogP contribution in [-0.2, 0) is 0 Å². The monoisotopic (exact) mass is 546 g/mol. The van der Waals surface area contributed by atoms with E-state index in [2.05, 4.69) is 44.3 Å². The molecule has 10 nitrogen and oxygen atoms in total. The first-order valence-corrected chi connectivity index (χ1v) is 13.3. The Morgan fingerprint density at radius 1 is 0.951 bits per heavy atom. The Bertz CT molecular complexity index is 1950. The van der Waals surface area contributed by atoms with Gasteiger partial charge in [0, 0.05) is 59.9 Å². The molecule has 8 rings (SSSR count). The Hall–Kier alpha value is -5.32. The summed E-state index contributed by atoms with van der Waals surface area (Å²) in [6, 6.07) is 17.4. The molecular weight excluding hydrogens is 523 g/mol. The maximum Gasteiger partial charge on any atom is 0.407 e. The van der Waals surface area contributed by atoms with Crippen molar-refractivity contribution in [2.75, 3.05) is 18.0 Å². The molecule has 4 aromatic heterocycles. The Morgan fingerprint density at radius 2 is 1.78 bits per heavy atom. The Labute approximate surface area is 232 Å². The first-order valence-electron chi connectivity index (χ1n) is 13.3. The number of H-pyrrole nitrogens is 1. The molecule has 2 atom stereocenters. The number of aromatic nitrogens is 6. The highest BCUT2D eigenvalue weighted by Gasteiger charge is 2.45. The summed E-state index contributed by atoms with van der Waals surface area (Å²) in [6.07, 6.45) is 6.84. The molecular formula is C30H23FN8O2. The van der Waals surface area contributed by atoms with Gasteiger partial charge in [0.2, 0.25) is 0 Å². The molecule has 202 valence electrons. The van der Waals surface area contributed by atoms with Crippen LogP contribution in [0, 0.1) is 5.82 Å². The Morgan fingerprint density at radius 3 is 2.54 bits per heavy atom. The zero-order valence-electron chi connectivity index (χ0n) is 21.6. The lowest BCUT2D eigenvalue weighted by molar-refractivity contribution is 0.137. The van der Waals surface area contributed by atoms with Gasteiger partial charge in [-0.05, 0) is 48.4 Å². The number of amides is 1. The smallest absolute Gasteiger partial charge is 0.407 e. The summed E-state index contributed by atoms with van der Waals surface area (Å²) in [5, 5.41) is 22.0. The fourth-order valence-corrected chi connectivity index (χ4v) is 6.38. The second kappa shape index (κ2) is 8.85. The van der Waals surface area contributed by atoms with Crippen LogP contribution in [0.5, 0.6) is 0 Å². The van der Waals surface area contributed by atoms with Crippen LogP contribution in [0.1, 0.15) is 6.42 Å². The number of anilines is 1. The summed E-state index contributed by atoms with van der Waals surface area (Å²) in [4.78, 5) is 24.2. The number of likely N-dealkylation sites (tertiary alicyclic amines) is 1. The lowest BCUT2D eigenvalue weighted by atomic mass is 9.98. The molecule has 1 amide bonds. The second-order valence-corrected chi connectivity index (χ2v) is 10.5. The molecule has 0 spiro atoms. The number of aromatic amines is 1. The molecule has 2 aliphatic rings. The highest BCUT2D eigenvalue weighted by Crippen LogP contribution is 2.40. The van der Waals surface area contributed by atoms with Gasteiger partial charge in [-0.2, -0.15) is 10.2 Å². The van der Waals surface area contributed by atoms with E-state index in [9.17, 15) is 14.3 Å². The fraction of sp³-hybridized carbons (Fsp3) is 0.167. The fourth-order valence-electron chi connectivity index (χ4n) is 6.38. The standard InChI is InChI=1S/C30H23FN8O2/c31-24-6-5-22(23-14-34-35-28(23)24)26-27(18-7-10-32-11-8-18)36-39-25(9-12-33-29(26)39)17-1-3-19(4-2-17)37-15-21-13-20(37)16-38(21)30(40)41/h1-12,14,20-21H,13,15-16H2,(H,34,35)(H,40,41)/t20-,21-/m0/s1. The molecule has 2 aromatic carbocycles. The van der Waals surface area contributed by atoms with Gasteiger partial charge in [0.05, 0.1) is 23.5 Å². The number of nitrogens with zero attached hydrogens (tertiary/aromatic N) is 7. The van der Waals surface area contributed by atoms with Crippen molar-refractivity contribution in [1.29, 1.82) is 0 Å². The van der Waals surface area contributed by atoms with Gasteiger partial charge in [-0.1, -0.05) is 18.2 Å². The zero-order valence-corrected chi connectivity index (χ0v) is 21.6. The van der Waals surface area contributed by atoms with Gasteiger partial charge < -0.3 is 14.9 Å². The van der Waals surface area contributed by atoms with E-state index in [0.717, 1.165) is 40.1 Å². The molecule has 2 saturated heterocycles. The van der Waals surface area contributed by atoms with Gasteiger partial charge in [-0.15, -0.1) is 0 Å². The molecule has 2 aliphatic heterocycles. The van der Waals surface area contributed by atoms with E-state index in [4.69, 9.17) is 10.1 Å². The number of rotatable bonds is 4. The van der Waals surface area contributed by atoms with E-state index >= 15 is 0 Å². The molecule has 0 radical (unpaired) electrons.